The molecule has 0 bridgehead atoms. The van der Waals surface area contributed by atoms with Gasteiger partial charge in [0.05, 0.1) is 22.3 Å². The third kappa shape index (κ3) is 6.34. The Balaban J connectivity index is 1.16. The number of hydrazine groups is 2. The van der Waals surface area contributed by atoms with Gasteiger partial charge in [-0.05, 0) is 72.2 Å². The molecule has 2 aromatic heterocycles. The Kier molecular flexibility index (Phi) is 8.92. The lowest BCUT2D eigenvalue weighted by Gasteiger charge is -2.35. The first-order valence-corrected chi connectivity index (χ1v) is 17.1. The Morgan fingerprint density at radius 2 is 1.85 bits per heavy atom. The molecule has 0 aliphatic carbocycles. The fourth-order valence-corrected chi connectivity index (χ4v) is 7.25. The maximum atomic E-state index is 14.2. The average Bonchev–Trinajstić information content (AvgIpc) is 3.85. The number of amidine groups is 1. The van der Waals surface area contributed by atoms with Crippen LogP contribution in [0.15, 0.2) is 94.1 Å². The van der Waals surface area contributed by atoms with Gasteiger partial charge in [-0.1, -0.05) is 54.9 Å². The largest absolute Gasteiger partial charge is 0.371 e. The first-order chi connectivity index (χ1) is 23.0. The van der Waals surface area contributed by atoms with Crippen molar-refractivity contribution in [2.75, 3.05) is 22.9 Å². The van der Waals surface area contributed by atoms with E-state index in [0.29, 0.717) is 45.4 Å². The summed E-state index contributed by atoms with van der Waals surface area (Å²) in [4.78, 5) is 37.6. The van der Waals surface area contributed by atoms with Gasteiger partial charge in [0, 0.05) is 48.0 Å². The van der Waals surface area contributed by atoms with Gasteiger partial charge in [-0.2, -0.15) is 0 Å². The number of amides is 1. The van der Waals surface area contributed by atoms with Gasteiger partial charge in [0.25, 0.3) is 11.5 Å². The normalized spacial score (nSPS) is 14.9. The second kappa shape index (κ2) is 13.6. The van der Waals surface area contributed by atoms with E-state index in [1.54, 1.807) is 4.90 Å². The molecule has 7 rings (SSSR count). The van der Waals surface area contributed by atoms with E-state index < -0.39 is 0 Å². The fraction of sp³-hybridized carbons (Fsp3) is 0.257. The highest BCUT2D eigenvalue weighted by molar-refractivity contribution is 7.12. The van der Waals surface area contributed by atoms with Crippen LogP contribution in [0.2, 0.25) is 5.02 Å². The van der Waals surface area contributed by atoms with E-state index in [1.165, 1.54) is 11.3 Å². The number of hydrogen-bond donors (Lipinski definition) is 3. The third-order valence-electron chi connectivity index (χ3n) is 8.87. The highest BCUT2D eigenvalue weighted by Crippen LogP contribution is 2.30. The third-order valence-corrected chi connectivity index (χ3v) is 10.1. The number of halogens is 1. The number of nitrogens with one attached hydrogen (secondary N) is 3. The van der Waals surface area contributed by atoms with Crippen molar-refractivity contribution in [3.63, 3.8) is 0 Å². The van der Waals surface area contributed by atoms with Crippen LogP contribution < -0.4 is 31.9 Å². The summed E-state index contributed by atoms with van der Waals surface area (Å²) in [6.07, 6.45) is 2.53. The zero-order valence-electron chi connectivity index (χ0n) is 25.9. The van der Waals surface area contributed by atoms with Crippen molar-refractivity contribution in [2.45, 2.75) is 39.3 Å². The number of rotatable bonds is 9. The predicted molar refractivity (Wildman–Crippen MR) is 189 cm³/mol. The molecule has 0 saturated carbocycles. The van der Waals surface area contributed by atoms with E-state index in [4.69, 9.17) is 16.6 Å². The Bertz CT molecular complexity index is 2000. The molecule has 1 saturated heterocycles. The van der Waals surface area contributed by atoms with Crippen LogP contribution in [0.5, 0.6) is 0 Å². The summed E-state index contributed by atoms with van der Waals surface area (Å²) >= 11 is 7.91. The molecule has 10 nitrogen and oxygen atoms in total. The topological polar surface area (TPSA) is 107 Å². The molecule has 3 N–H and O–H groups in total. The maximum absolute atomic E-state index is 14.2. The van der Waals surface area contributed by atoms with Gasteiger partial charge < -0.3 is 9.80 Å². The molecule has 5 aromatic rings. The fourth-order valence-electron chi connectivity index (χ4n) is 6.38. The Morgan fingerprint density at radius 3 is 2.60 bits per heavy atom. The molecule has 0 spiro atoms. The minimum atomic E-state index is -0.144. The molecule has 4 heterocycles. The molecule has 0 radical (unpaired) electrons. The zero-order chi connectivity index (χ0) is 32.3. The second-order valence-corrected chi connectivity index (χ2v) is 13.1. The van der Waals surface area contributed by atoms with Crippen molar-refractivity contribution in [2.24, 2.45) is 11.0 Å². The number of carbonyl (C=O) groups is 1. The van der Waals surface area contributed by atoms with E-state index in [1.807, 2.05) is 83.6 Å². The number of para-hydroxylation sites is 1. The first kappa shape index (κ1) is 30.9. The summed E-state index contributed by atoms with van der Waals surface area (Å²) in [5.74, 6) is 1.71. The quantitative estimate of drug-likeness (QED) is 0.185. The van der Waals surface area contributed by atoms with Crippen molar-refractivity contribution >= 4 is 57.0 Å². The zero-order valence-corrected chi connectivity index (χ0v) is 27.5. The molecule has 12 heteroatoms. The lowest BCUT2D eigenvalue weighted by atomic mass is 9.95. The molecule has 3 aromatic carbocycles. The van der Waals surface area contributed by atoms with Crippen LogP contribution in [0.25, 0.3) is 10.9 Å². The summed E-state index contributed by atoms with van der Waals surface area (Å²) in [7, 11) is 0. The smallest absolute Gasteiger partial charge is 0.268 e. The van der Waals surface area contributed by atoms with E-state index in [-0.39, 0.29) is 18.0 Å². The van der Waals surface area contributed by atoms with Crippen LogP contribution >= 0.6 is 22.9 Å². The van der Waals surface area contributed by atoms with Crippen LogP contribution in [-0.2, 0) is 19.5 Å². The van der Waals surface area contributed by atoms with Crippen LogP contribution in [0.3, 0.4) is 0 Å². The Morgan fingerprint density at radius 1 is 1.04 bits per heavy atom. The van der Waals surface area contributed by atoms with Gasteiger partial charge >= 0.3 is 0 Å². The van der Waals surface area contributed by atoms with Gasteiger partial charge in [0.1, 0.15) is 5.82 Å². The number of thiophene rings is 1. The molecule has 240 valence electrons. The second-order valence-electron chi connectivity index (χ2n) is 11.7. The van der Waals surface area contributed by atoms with Crippen molar-refractivity contribution < 1.29 is 4.79 Å². The summed E-state index contributed by atoms with van der Waals surface area (Å²) in [6.45, 7) is 4.66. The number of fused-ring (bicyclic) bond motifs is 1. The number of aryl methyl sites for hydroxylation is 1. The minimum absolute atomic E-state index is 0.0759. The molecular weight excluding hydrogens is 632 g/mol. The van der Waals surface area contributed by atoms with Crippen molar-refractivity contribution in [3.8, 4) is 0 Å². The van der Waals surface area contributed by atoms with Gasteiger partial charge in [-0.3, -0.25) is 19.6 Å². The van der Waals surface area contributed by atoms with Gasteiger partial charge in [-0.15, -0.1) is 22.0 Å². The van der Waals surface area contributed by atoms with Crippen LogP contribution in [-0.4, -0.2) is 34.4 Å². The molecule has 1 fully saturated rings. The van der Waals surface area contributed by atoms with Crippen molar-refractivity contribution in [1.82, 2.24) is 26.0 Å². The number of nitrogens with zero attached hydrogens (tertiary/aromatic N) is 5. The van der Waals surface area contributed by atoms with Crippen molar-refractivity contribution in [3.05, 3.63) is 121 Å². The number of anilines is 2. The molecule has 2 aliphatic rings. The van der Waals surface area contributed by atoms with E-state index >= 15 is 0 Å². The highest BCUT2D eigenvalue weighted by Gasteiger charge is 2.26. The molecular formula is C35H35ClN8O2S. The van der Waals surface area contributed by atoms with E-state index in [0.717, 1.165) is 54.4 Å². The SMILES string of the molecule is CCc1nc2ccc(N(Cc3ccccc3Cl)C(=O)c3cccs3)cc2c(=O)n1CC1CCN(c2ccccc2C2=NNNN2)CC1. The lowest BCUT2D eigenvalue weighted by Crippen LogP contribution is -2.39. The lowest BCUT2D eigenvalue weighted by molar-refractivity contribution is 0.0989. The highest BCUT2D eigenvalue weighted by atomic mass is 35.5. The van der Waals surface area contributed by atoms with Crippen molar-refractivity contribution in [1.29, 1.82) is 0 Å². The predicted octanol–water partition coefficient (Wildman–Crippen LogP) is 5.71. The van der Waals surface area contributed by atoms with Crippen LogP contribution in [0.1, 0.15) is 46.4 Å². The number of hydrogen-bond acceptors (Lipinski definition) is 9. The van der Waals surface area contributed by atoms with Gasteiger partial charge in [-0.25, -0.2) is 10.5 Å². The minimum Gasteiger partial charge on any atom is -0.371 e. The standard InChI is InChI=1S/C35H35ClN8O2S/c1-2-32-37-29-14-13-25(43(35(46)31-12-7-19-47-31)22-24-8-3-5-10-28(24)36)20-27(29)34(45)44(32)21-23-15-17-42(18-16-23)30-11-6-4-9-26(30)33-38-40-41-39-33/h3-14,19-20,23,40-41H,2,15-18,21-22H2,1H3,(H,38,39). The summed E-state index contributed by atoms with van der Waals surface area (Å²) < 4.78 is 1.86. The van der Waals surface area contributed by atoms with E-state index in [9.17, 15) is 9.59 Å². The van der Waals surface area contributed by atoms with E-state index in [2.05, 4.69) is 38.6 Å². The number of carbonyl (C=O) groups excluding carboxylic acids is 1. The van der Waals surface area contributed by atoms with Gasteiger partial charge in [0.2, 0.25) is 0 Å². The van der Waals surface area contributed by atoms with Gasteiger partial charge in [0.15, 0.2) is 5.84 Å². The average molecular weight is 667 g/mol. The monoisotopic (exact) mass is 666 g/mol. The summed E-state index contributed by atoms with van der Waals surface area (Å²) in [5.41, 5.74) is 12.8. The summed E-state index contributed by atoms with van der Waals surface area (Å²) in [6, 6.07) is 25.0. The Hall–Kier alpha value is -4.71. The molecule has 2 aliphatic heterocycles. The number of aromatic nitrogens is 2. The molecule has 0 unspecified atom stereocenters. The van der Waals surface area contributed by atoms with Crippen LogP contribution in [0, 0.1) is 5.92 Å². The molecule has 0 atom stereocenters. The molecule has 47 heavy (non-hydrogen) atoms. The number of hydrazone groups is 1. The maximum Gasteiger partial charge on any atom is 0.268 e. The Labute approximate surface area is 281 Å². The first-order valence-electron chi connectivity index (χ1n) is 15.8. The number of benzene rings is 3. The number of piperidine rings is 1. The van der Waals surface area contributed by atoms with Crippen LogP contribution in [0.4, 0.5) is 11.4 Å². The summed E-state index contributed by atoms with van der Waals surface area (Å²) in [5, 5.41) is 7.27. The molecule has 1 amide bonds.